The summed E-state index contributed by atoms with van der Waals surface area (Å²) in [7, 11) is 0. The molecule has 0 amide bonds. The number of halogens is 2. The number of hydrogen-bond acceptors (Lipinski definition) is 3. The van der Waals surface area contributed by atoms with E-state index in [9.17, 15) is 9.90 Å². The van der Waals surface area contributed by atoms with Crippen LogP contribution in [0.2, 0.25) is 5.02 Å². The fourth-order valence-corrected chi connectivity index (χ4v) is 3.41. The summed E-state index contributed by atoms with van der Waals surface area (Å²) >= 11 is 10.7. The Morgan fingerprint density at radius 3 is 2.80 bits per heavy atom. The van der Waals surface area contributed by atoms with Gasteiger partial charge in [0.1, 0.15) is 9.88 Å². The summed E-state index contributed by atoms with van der Waals surface area (Å²) in [5, 5.41) is 10.5. The Bertz CT molecular complexity index is 655. The first-order valence-electron chi connectivity index (χ1n) is 6.07. The molecule has 1 aromatic heterocycles. The highest BCUT2D eigenvalue weighted by Gasteiger charge is 2.20. The van der Waals surface area contributed by atoms with E-state index >= 15 is 0 Å². The maximum atomic E-state index is 11.3. The zero-order valence-corrected chi connectivity index (χ0v) is 14.1. The highest BCUT2D eigenvalue weighted by molar-refractivity contribution is 9.10. The van der Waals surface area contributed by atoms with Gasteiger partial charge in [-0.25, -0.2) is 9.78 Å². The molecule has 0 aliphatic rings. The van der Waals surface area contributed by atoms with Crippen LogP contribution >= 0.6 is 38.9 Å². The lowest BCUT2D eigenvalue weighted by Crippen LogP contribution is -2.02. The minimum Gasteiger partial charge on any atom is -0.477 e. The van der Waals surface area contributed by atoms with Gasteiger partial charge in [0.15, 0.2) is 0 Å². The van der Waals surface area contributed by atoms with E-state index in [1.165, 1.54) is 11.3 Å². The van der Waals surface area contributed by atoms with Crippen LogP contribution in [0.4, 0.5) is 0 Å². The average molecular weight is 375 g/mol. The van der Waals surface area contributed by atoms with Gasteiger partial charge in [-0.2, -0.15) is 0 Å². The molecule has 1 aromatic carbocycles. The van der Waals surface area contributed by atoms with E-state index in [4.69, 9.17) is 11.6 Å². The molecule has 6 heteroatoms. The van der Waals surface area contributed by atoms with Crippen molar-refractivity contribution in [2.75, 3.05) is 0 Å². The molecule has 0 fully saturated rings. The van der Waals surface area contributed by atoms with E-state index in [-0.39, 0.29) is 0 Å². The Morgan fingerprint density at radius 1 is 1.50 bits per heavy atom. The minimum absolute atomic E-state index is 0.296. The molecule has 106 valence electrons. The van der Waals surface area contributed by atoms with Gasteiger partial charge in [0, 0.05) is 10.0 Å². The summed E-state index contributed by atoms with van der Waals surface area (Å²) in [4.78, 5) is 16.1. The van der Waals surface area contributed by atoms with E-state index in [1.54, 1.807) is 6.07 Å². The molecule has 0 saturated carbocycles. The molecule has 20 heavy (non-hydrogen) atoms. The minimum atomic E-state index is -0.935. The molecule has 1 N–H and O–H groups in total. The van der Waals surface area contributed by atoms with Gasteiger partial charge in [-0.1, -0.05) is 41.4 Å². The normalized spacial score (nSPS) is 11.1. The number of thiazole rings is 1. The molecule has 0 saturated heterocycles. The molecule has 3 nitrogen and oxygen atoms in total. The molecule has 0 bridgehead atoms. The predicted molar refractivity (Wildman–Crippen MR) is 85.8 cm³/mol. The third-order valence-corrected chi connectivity index (χ3v) is 4.59. The molecule has 0 unspecified atom stereocenters. The maximum Gasteiger partial charge on any atom is 0.347 e. The van der Waals surface area contributed by atoms with Gasteiger partial charge >= 0.3 is 5.97 Å². The average Bonchev–Trinajstić information content (AvgIpc) is 2.75. The van der Waals surface area contributed by atoms with Crippen molar-refractivity contribution in [1.29, 1.82) is 0 Å². The Hall–Kier alpha value is -0.910. The molecule has 0 atom stereocenters. The first kappa shape index (κ1) is 15.5. The molecule has 1 heterocycles. The van der Waals surface area contributed by atoms with Crippen LogP contribution in [0.3, 0.4) is 0 Å². The molecular formula is C14H13BrClNO2S. The first-order chi connectivity index (χ1) is 9.38. The Balaban J connectivity index is 2.52. The van der Waals surface area contributed by atoms with Gasteiger partial charge in [-0.15, -0.1) is 11.3 Å². The Morgan fingerprint density at radius 2 is 2.20 bits per heavy atom. The van der Waals surface area contributed by atoms with E-state index in [2.05, 4.69) is 20.9 Å². The number of benzene rings is 1. The molecule has 0 spiro atoms. The number of aromatic carboxylic acids is 1. The predicted octanol–water partition coefficient (Wildman–Crippen LogP) is 5.12. The highest BCUT2D eigenvalue weighted by Crippen LogP contribution is 2.35. The van der Waals surface area contributed by atoms with Crippen molar-refractivity contribution in [2.24, 2.45) is 5.92 Å². The van der Waals surface area contributed by atoms with Crippen LogP contribution in [-0.4, -0.2) is 16.1 Å². The van der Waals surface area contributed by atoms with Gasteiger partial charge in [0.05, 0.1) is 10.7 Å². The van der Waals surface area contributed by atoms with E-state index < -0.39 is 5.97 Å². The summed E-state index contributed by atoms with van der Waals surface area (Å²) in [5.41, 5.74) is 1.38. The van der Waals surface area contributed by atoms with Crippen molar-refractivity contribution in [3.63, 3.8) is 0 Å². The van der Waals surface area contributed by atoms with Gasteiger partial charge < -0.3 is 5.11 Å². The van der Waals surface area contributed by atoms with E-state index in [1.807, 2.05) is 26.0 Å². The van der Waals surface area contributed by atoms with Crippen molar-refractivity contribution < 1.29 is 9.90 Å². The number of rotatable bonds is 4. The smallest absolute Gasteiger partial charge is 0.347 e. The number of hydrogen-bond donors (Lipinski definition) is 1. The molecular weight excluding hydrogens is 362 g/mol. The number of carboxylic acid groups (broad SMARTS) is 1. The topological polar surface area (TPSA) is 50.2 Å². The molecule has 2 rings (SSSR count). The second-order valence-electron chi connectivity index (χ2n) is 4.82. The second-order valence-corrected chi connectivity index (χ2v) is 7.14. The molecule has 0 radical (unpaired) electrons. The van der Waals surface area contributed by atoms with Gasteiger partial charge in [0.2, 0.25) is 0 Å². The lowest BCUT2D eigenvalue weighted by atomic mass is 10.1. The van der Waals surface area contributed by atoms with Crippen LogP contribution in [0.5, 0.6) is 0 Å². The maximum absolute atomic E-state index is 11.3. The van der Waals surface area contributed by atoms with Gasteiger partial charge in [0.25, 0.3) is 0 Å². The summed E-state index contributed by atoms with van der Waals surface area (Å²) in [6.07, 6.45) is 0.643. The van der Waals surface area contributed by atoms with Crippen LogP contribution in [0, 0.1) is 5.92 Å². The first-order valence-corrected chi connectivity index (χ1v) is 8.05. The number of carboxylic acids is 1. The van der Waals surface area contributed by atoms with Crippen molar-refractivity contribution in [1.82, 2.24) is 4.98 Å². The summed E-state index contributed by atoms with van der Waals surface area (Å²) in [5.74, 6) is -0.587. The van der Waals surface area contributed by atoms with E-state index in [0.717, 1.165) is 10.0 Å². The molecule has 2 aromatic rings. The van der Waals surface area contributed by atoms with Crippen molar-refractivity contribution >= 4 is 44.8 Å². The van der Waals surface area contributed by atoms with Crippen LogP contribution in [0.1, 0.15) is 29.2 Å². The quantitative estimate of drug-likeness (QED) is 0.807. The van der Waals surface area contributed by atoms with Gasteiger partial charge in [-0.3, -0.25) is 0 Å². The summed E-state index contributed by atoms with van der Waals surface area (Å²) in [6, 6.07) is 5.46. The number of aromatic nitrogens is 1. The van der Waals surface area contributed by atoms with Crippen LogP contribution in [0.25, 0.3) is 10.6 Å². The highest BCUT2D eigenvalue weighted by atomic mass is 79.9. The second kappa shape index (κ2) is 6.24. The fraction of sp³-hybridized carbons (Fsp3) is 0.286. The number of carbonyl (C=O) groups is 1. The largest absolute Gasteiger partial charge is 0.477 e. The third-order valence-electron chi connectivity index (χ3n) is 2.65. The molecule has 0 aliphatic heterocycles. The summed E-state index contributed by atoms with van der Waals surface area (Å²) < 4.78 is 0.884. The van der Waals surface area contributed by atoms with Crippen molar-refractivity contribution in [3.8, 4) is 10.6 Å². The lowest BCUT2D eigenvalue weighted by Gasteiger charge is -2.02. The monoisotopic (exact) mass is 373 g/mol. The SMILES string of the molecule is CC(C)Cc1nc(-c2cc(Br)ccc2Cl)sc1C(=O)O. The summed E-state index contributed by atoms with van der Waals surface area (Å²) in [6.45, 7) is 4.08. The zero-order valence-electron chi connectivity index (χ0n) is 11.0. The van der Waals surface area contributed by atoms with Crippen molar-refractivity contribution in [2.45, 2.75) is 20.3 Å². The zero-order chi connectivity index (χ0) is 14.9. The fourth-order valence-electron chi connectivity index (χ4n) is 1.82. The van der Waals surface area contributed by atoms with Gasteiger partial charge in [-0.05, 0) is 30.5 Å². The Labute approximate surface area is 134 Å². The molecule has 0 aliphatic carbocycles. The van der Waals surface area contributed by atoms with Crippen LogP contribution in [-0.2, 0) is 6.42 Å². The Kier molecular flexibility index (Phi) is 4.83. The van der Waals surface area contributed by atoms with Crippen LogP contribution < -0.4 is 0 Å². The van der Waals surface area contributed by atoms with Crippen LogP contribution in [0.15, 0.2) is 22.7 Å². The van der Waals surface area contributed by atoms with E-state index in [0.29, 0.717) is 32.9 Å². The lowest BCUT2D eigenvalue weighted by molar-refractivity contribution is 0.0700. The van der Waals surface area contributed by atoms with Crippen molar-refractivity contribution in [3.05, 3.63) is 38.3 Å². The number of nitrogens with zero attached hydrogens (tertiary/aromatic N) is 1. The third kappa shape index (κ3) is 3.40. The standard InChI is InChI=1S/C14H13BrClNO2S/c1-7(2)5-11-12(14(18)19)20-13(17-11)9-6-8(15)3-4-10(9)16/h3-4,6-7H,5H2,1-2H3,(H,18,19).